The molecule has 4 aromatic rings. The SMILES string of the molecule is O=S(c1cnc2c(c1)nnn2-c1nnc(-c2cn[nH]n2)o1)C1CCC(O)C1. The van der Waals surface area contributed by atoms with Crippen LogP contribution in [0.15, 0.2) is 27.8 Å². The number of hydrogen-bond donors (Lipinski definition) is 2. The molecular weight excluding hydrogens is 374 g/mol. The molecule has 2 N–H and O–H groups in total. The molecule has 0 aromatic carbocycles. The van der Waals surface area contributed by atoms with Gasteiger partial charge in [0.25, 0.3) is 5.89 Å². The van der Waals surface area contributed by atoms with E-state index in [0.717, 1.165) is 6.42 Å². The van der Waals surface area contributed by atoms with Crippen molar-refractivity contribution in [3.05, 3.63) is 18.5 Å². The van der Waals surface area contributed by atoms with Gasteiger partial charge in [-0.3, -0.25) is 4.21 Å². The summed E-state index contributed by atoms with van der Waals surface area (Å²) in [6, 6.07) is 1.76. The Morgan fingerprint density at radius 1 is 1.26 bits per heavy atom. The summed E-state index contributed by atoms with van der Waals surface area (Å²) < 4.78 is 19.5. The van der Waals surface area contributed by atoms with Crippen LogP contribution in [-0.2, 0) is 10.8 Å². The molecule has 13 heteroatoms. The van der Waals surface area contributed by atoms with E-state index in [1.54, 1.807) is 6.07 Å². The fraction of sp³-hybridized carbons (Fsp3) is 0.357. The molecule has 4 aromatic heterocycles. The molecule has 0 spiro atoms. The summed E-state index contributed by atoms with van der Waals surface area (Å²) in [6.07, 6.45) is 4.53. The van der Waals surface area contributed by atoms with Crippen LogP contribution in [0, 0.1) is 0 Å². The van der Waals surface area contributed by atoms with Crippen LogP contribution in [0.5, 0.6) is 0 Å². The number of rotatable bonds is 4. The number of aliphatic hydroxyl groups excluding tert-OH is 1. The first kappa shape index (κ1) is 16.1. The third-order valence-corrected chi connectivity index (χ3v) is 6.11. The summed E-state index contributed by atoms with van der Waals surface area (Å²) in [7, 11) is -1.26. The number of fused-ring (bicyclic) bond motifs is 1. The van der Waals surface area contributed by atoms with Crippen LogP contribution in [0.2, 0.25) is 0 Å². The van der Waals surface area contributed by atoms with Gasteiger partial charge in [-0.1, -0.05) is 10.3 Å². The molecule has 0 amide bonds. The van der Waals surface area contributed by atoms with E-state index in [-0.39, 0.29) is 23.3 Å². The molecule has 1 aliphatic rings. The Hall–Kier alpha value is -3.06. The molecule has 27 heavy (non-hydrogen) atoms. The zero-order chi connectivity index (χ0) is 18.4. The molecule has 0 saturated heterocycles. The number of H-pyrrole nitrogens is 1. The maximum absolute atomic E-state index is 12.7. The van der Waals surface area contributed by atoms with Gasteiger partial charge in [0.2, 0.25) is 0 Å². The molecule has 1 fully saturated rings. The maximum Gasteiger partial charge on any atom is 0.347 e. The van der Waals surface area contributed by atoms with Gasteiger partial charge in [-0.2, -0.15) is 15.4 Å². The fourth-order valence-electron chi connectivity index (χ4n) is 3.05. The molecule has 12 nitrogen and oxygen atoms in total. The number of nitrogens with zero attached hydrogens (tertiary/aromatic N) is 8. The first-order chi connectivity index (χ1) is 13.2. The van der Waals surface area contributed by atoms with Crippen LogP contribution in [0.1, 0.15) is 19.3 Å². The van der Waals surface area contributed by atoms with E-state index in [4.69, 9.17) is 4.42 Å². The molecule has 3 unspecified atom stereocenters. The van der Waals surface area contributed by atoms with Gasteiger partial charge >= 0.3 is 6.01 Å². The summed E-state index contributed by atoms with van der Waals surface area (Å²) in [5.41, 5.74) is 1.26. The van der Waals surface area contributed by atoms with Crippen LogP contribution in [-0.4, -0.2) is 66.3 Å². The highest BCUT2D eigenvalue weighted by Crippen LogP contribution is 2.28. The van der Waals surface area contributed by atoms with Crippen molar-refractivity contribution in [2.24, 2.45) is 0 Å². The molecule has 3 atom stereocenters. The van der Waals surface area contributed by atoms with Crippen molar-refractivity contribution in [3.8, 4) is 17.6 Å². The lowest BCUT2D eigenvalue weighted by molar-refractivity contribution is 0.183. The summed E-state index contributed by atoms with van der Waals surface area (Å²) in [4.78, 5) is 4.88. The van der Waals surface area contributed by atoms with Gasteiger partial charge in [0.1, 0.15) is 5.52 Å². The van der Waals surface area contributed by atoms with Gasteiger partial charge in [-0.15, -0.1) is 14.9 Å². The summed E-state index contributed by atoms with van der Waals surface area (Å²) in [5.74, 6) is 0.180. The zero-order valence-corrected chi connectivity index (χ0v) is 14.6. The largest absolute Gasteiger partial charge is 0.400 e. The zero-order valence-electron chi connectivity index (χ0n) is 13.8. The van der Waals surface area contributed by atoms with Crippen LogP contribution in [0.3, 0.4) is 0 Å². The summed E-state index contributed by atoms with van der Waals surface area (Å²) in [6.45, 7) is 0. The van der Waals surface area contributed by atoms with Gasteiger partial charge in [0, 0.05) is 11.4 Å². The first-order valence-electron chi connectivity index (χ1n) is 8.19. The Morgan fingerprint density at radius 3 is 2.96 bits per heavy atom. The van der Waals surface area contributed by atoms with Crippen molar-refractivity contribution in [3.63, 3.8) is 0 Å². The molecular formula is C14H13N9O3S. The fourth-order valence-corrected chi connectivity index (χ4v) is 4.57. The van der Waals surface area contributed by atoms with Crippen molar-refractivity contribution in [1.82, 2.24) is 45.6 Å². The van der Waals surface area contributed by atoms with E-state index in [1.807, 2.05) is 0 Å². The van der Waals surface area contributed by atoms with Gasteiger partial charge < -0.3 is 9.52 Å². The van der Waals surface area contributed by atoms with Gasteiger partial charge in [0.15, 0.2) is 11.3 Å². The molecule has 1 saturated carbocycles. The van der Waals surface area contributed by atoms with E-state index in [0.29, 0.717) is 34.6 Å². The van der Waals surface area contributed by atoms with Crippen molar-refractivity contribution < 1.29 is 13.7 Å². The number of aromatic amines is 1. The lowest BCUT2D eigenvalue weighted by Crippen LogP contribution is -2.13. The van der Waals surface area contributed by atoms with Gasteiger partial charge in [-0.05, 0) is 25.3 Å². The van der Waals surface area contributed by atoms with Crippen LogP contribution < -0.4 is 0 Å². The number of aromatic nitrogens is 9. The average Bonchev–Trinajstić information content (AvgIpc) is 3.45. The molecule has 1 aliphatic carbocycles. The summed E-state index contributed by atoms with van der Waals surface area (Å²) in [5, 5.41) is 35.5. The Labute approximate surface area is 153 Å². The minimum atomic E-state index is -1.26. The van der Waals surface area contributed by atoms with E-state index in [9.17, 15) is 9.32 Å². The lowest BCUT2D eigenvalue weighted by Gasteiger charge is -2.08. The Balaban J connectivity index is 1.46. The predicted molar refractivity (Wildman–Crippen MR) is 89.9 cm³/mol. The highest BCUT2D eigenvalue weighted by atomic mass is 32.2. The quantitative estimate of drug-likeness (QED) is 0.487. The molecule has 5 rings (SSSR count). The molecule has 0 aliphatic heterocycles. The molecule has 0 bridgehead atoms. The van der Waals surface area contributed by atoms with Crippen molar-refractivity contribution in [1.29, 1.82) is 0 Å². The number of hydrogen-bond acceptors (Lipinski definition) is 10. The van der Waals surface area contributed by atoms with Gasteiger partial charge in [-0.25, -0.2) is 4.98 Å². The van der Waals surface area contributed by atoms with E-state index in [2.05, 4.69) is 40.9 Å². The van der Waals surface area contributed by atoms with Crippen molar-refractivity contribution in [2.45, 2.75) is 35.5 Å². The standard InChI is InChI=1S/C14H13N9O3S/c24-7-1-2-8(3-7)27(25)9-4-10-12(15-5-9)23(22-18-10)14-20-19-13(26-14)11-6-16-21-17-11/h4-8,24H,1-3H2,(H,16,17,21). The highest BCUT2D eigenvalue weighted by molar-refractivity contribution is 7.85. The smallest absolute Gasteiger partial charge is 0.347 e. The Bertz CT molecular complexity index is 1120. The predicted octanol–water partition coefficient (Wildman–Crippen LogP) is 0.00460. The van der Waals surface area contributed by atoms with Crippen molar-refractivity contribution in [2.75, 3.05) is 0 Å². The van der Waals surface area contributed by atoms with Crippen LogP contribution >= 0.6 is 0 Å². The topological polar surface area (TPSA) is 161 Å². The van der Waals surface area contributed by atoms with E-state index in [1.165, 1.54) is 17.1 Å². The highest BCUT2D eigenvalue weighted by Gasteiger charge is 2.29. The van der Waals surface area contributed by atoms with E-state index >= 15 is 0 Å². The number of aliphatic hydroxyl groups is 1. The monoisotopic (exact) mass is 387 g/mol. The second-order valence-electron chi connectivity index (χ2n) is 6.15. The summed E-state index contributed by atoms with van der Waals surface area (Å²) >= 11 is 0. The lowest BCUT2D eigenvalue weighted by atomic mass is 10.3. The van der Waals surface area contributed by atoms with Crippen LogP contribution in [0.4, 0.5) is 0 Å². The minimum Gasteiger partial charge on any atom is -0.400 e. The normalized spacial score (nSPS) is 21.1. The third-order valence-electron chi connectivity index (χ3n) is 4.39. The van der Waals surface area contributed by atoms with Gasteiger partial charge in [0.05, 0.1) is 28.0 Å². The Kier molecular flexibility index (Phi) is 3.75. The van der Waals surface area contributed by atoms with Crippen molar-refractivity contribution >= 4 is 22.0 Å². The maximum atomic E-state index is 12.7. The first-order valence-corrected chi connectivity index (χ1v) is 9.40. The average molecular weight is 387 g/mol. The Morgan fingerprint density at radius 2 is 2.19 bits per heavy atom. The minimum absolute atomic E-state index is 0.0738. The van der Waals surface area contributed by atoms with Crippen LogP contribution in [0.25, 0.3) is 28.8 Å². The molecule has 0 radical (unpaired) electrons. The number of pyridine rings is 1. The molecule has 138 valence electrons. The van der Waals surface area contributed by atoms with E-state index < -0.39 is 10.8 Å². The third kappa shape index (κ3) is 2.80. The molecule has 4 heterocycles. The number of nitrogens with one attached hydrogen (secondary N) is 1. The second-order valence-corrected chi connectivity index (χ2v) is 7.88. The second kappa shape index (κ2) is 6.28.